The maximum Gasteiger partial charge on any atom is 0.194 e. The first-order chi connectivity index (χ1) is 7.79. The number of rotatable bonds is 4. The van der Waals surface area contributed by atoms with E-state index in [0.29, 0.717) is 12.5 Å². The highest BCUT2D eigenvalue weighted by atomic mass is 16.3. The maximum atomic E-state index is 5.47. The lowest BCUT2D eigenvalue weighted by molar-refractivity contribution is 0.253. The monoisotopic (exact) mass is 223 g/mol. The Bertz CT molecular complexity index is 316. The average Bonchev–Trinajstić information content (AvgIpc) is 2.76. The van der Waals surface area contributed by atoms with Crippen LogP contribution < -0.4 is 5.73 Å². The molecule has 1 aliphatic heterocycles. The van der Waals surface area contributed by atoms with E-state index in [9.17, 15) is 0 Å². The van der Waals surface area contributed by atoms with Gasteiger partial charge in [-0.05, 0) is 45.9 Å². The van der Waals surface area contributed by atoms with Gasteiger partial charge in [0.1, 0.15) is 6.26 Å². The number of hydrogen-bond donors (Lipinski definition) is 1. The lowest BCUT2D eigenvalue weighted by atomic mass is 9.94. The largest absolute Gasteiger partial charge is 0.449 e. The summed E-state index contributed by atoms with van der Waals surface area (Å²) in [5, 5.41) is 0. The molecule has 0 bridgehead atoms. The molecule has 0 aromatic carbocycles. The van der Waals surface area contributed by atoms with Crippen molar-refractivity contribution in [2.75, 3.05) is 26.7 Å². The highest BCUT2D eigenvalue weighted by Crippen LogP contribution is 2.26. The van der Waals surface area contributed by atoms with Crippen molar-refractivity contribution in [2.24, 2.45) is 5.73 Å². The average molecular weight is 223 g/mol. The molecule has 1 saturated heterocycles. The molecule has 2 rings (SSSR count). The van der Waals surface area contributed by atoms with Crippen LogP contribution in [0.4, 0.5) is 0 Å². The Morgan fingerprint density at radius 1 is 1.50 bits per heavy atom. The predicted molar refractivity (Wildman–Crippen MR) is 63.4 cm³/mol. The van der Waals surface area contributed by atoms with Crippen LogP contribution in [0.15, 0.2) is 10.7 Å². The second-order valence-electron chi connectivity index (χ2n) is 4.64. The molecule has 1 fully saturated rings. The van der Waals surface area contributed by atoms with Gasteiger partial charge in [-0.3, -0.25) is 0 Å². The molecular weight excluding hydrogens is 202 g/mol. The minimum Gasteiger partial charge on any atom is -0.449 e. The van der Waals surface area contributed by atoms with Crippen LogP contribution in [0.25, 0.3) is 0 Å². The van der Waals surface area contributed by atoms with Crippen molar-refractivity contribution in [3.8, 4) is 0 Å². The first kappa shape index (κ1) is 11.6. The van der Waals surface area contributed by atoms with E-state index in [0.717, 1.165) is 37.5 Å². The fourth-order valence-corrected chi connectivity index (χ4v) is 2.19. The molecule has 1 aliphatic rings. The molecule has 0 aliphatic carbocycles. The number of aryl methyl sites for hydroxylation is 1. The second-order valence-corrected chi connectivity index (χ2v) is 4.64. The van der Waals surface area contributed by atoms with Crippen LogP contribution in [-0.4, -0.2) is 36.6 Å². The third kappa shape index (κ3) is 2.83. The molecule has 16 heavy (non-hydrogen) atoms. The highest BCUT2D eigenvalue weighted by Gasteiger charge is 2.21. The van der Waals surface area contributed by atoms with Gasteiger partial charge in [-0.1, -0.05) is 0 Å². The van der Waals surface area contributed by atoms with E-state index >= 15 is 0 Å². The summed E-state index contributed by atoms with van der Waals surface area (Å²) in [6.07, 6.45) is 6.04. The molecule has 0 atom stereocenters. The zero-order valence-corrected chi connectivity index (χ0v) is 9.98. The number of hydrogen-bond acceptors (Lipinski definition) is 4. The Morgan fingerprint density at radius 2 is 2.25 bits per heavy atom. The van der Waals surface area contributed by atoms with E-state index in [1.54, 1.807) is 0 Å². The Hall–Kier alpha value is -0.870. The van der Waals surface area contributed by atoms with Crippen molar-refractivity contribution < 1.29 is 4.42 Å². The minimum absolute atomic E-state index is 0.589. The summed E-state index contributed by atoms with van der Waals surface area (Å²) in [6.45, 7) is 3.03. The molecule has 2 N–H and O–H groups in total. The zero-order valence-electron chi connectivity index (χ0n) is 9.98. The summed E-state index contributed by atoms with van der Waals surface area (Å²) in [5.41, 5.74) is 6.61. The maximum absolute atomic E-state index is 5.47. The van der Waals surface area contributed by atoms with Gasteiger partial charge in [0.15, 0.2) is 5.89 Å². The van der Waals surface area contributed by atoms with Gasteiger partial charge in [-0.25, -0.2) is 4.98 Å². The van der Waals surface area contributed by atoms with E-state index in [1.165, 1.54) is 12.8 Å². The normalized spacial score (nSPS) is 19.1. The number of oxazole rings is 1. The summed E-state index contributed by atoms with van der Waals surface area (Å²) in [7, 11) is 2.17. The third-order valence-corrected chi connectivity index (χ3v) is 3.30. The van der Waals surface area contributed by atoms with E-state index in [4.69, 9.17) is 10.2 Å². The topological polar surface area (TPSA) is 55.3 Å². The molecule has 90 valence electrons. The molecular formula is C12H21N3O. The number of aromatic nitrogens is 1. The van der Waals surface area contributed by atoms with Crippen molar-refractivity contribution in [1.82, 2.24) is 9.88 Å². The van der Waals surface area contributed by atoms with Gasteiger partial charge in [0.2, 0.25) is 0 Å². The van der Waals surface area contributed by atoms with Crippen LogP contribution in [0.2, 0.25) is 0 Å². The SMILES string of the molecule is CN1CCC(c2coc(CCCN)n2)CC1. The minimum atomic E-state index is 0.589. The first-order valence-electron chi connectivity index (χ1n) is 6.12. The molecule has 0 saturated carbocycles. The molecule has 0 spiro atoms. The van der Waals surface area contributed by atoms with Crippen LogP contribution in [0.5, 0.6) is 0 Å². The number of piperidine rings is 1. The van der Waals surface area contributed by atoms with Crippen LogP contribution >= 0.6 is 0 Å². The number of nitrogens with zero attached hydrogens (tertiary/aromatic N) is 2. The lowest BCUT2D eigenvalue weighted by Gasteiger charge is -2.27. The number of likely N-dealkylation sites (tertiary alicyclic amines) is 1. The van der Waals surface area contributed by atoms with E-state index < -0.39 is 0 Å². The van der Waals surface area contributed by atoms with Crippen LogP contribution in [-0.2, 0) is 6.42 Å². The van der Waals surface area contributed by atoms with Gasteiger partial charge in [-0.2, -0.15) is 0 Å². The molecule has 4 nitrogen and oxygen atoms in total. The highest BCUT2D eigenvalue weighted by molar-refractivity contribution is 5.06. The third-order valence-electron chi connectivity index (χ3n) is 3.30. The molecule has 4 heteroatoms. The van der Waals surface area contributed by atoms with E-state index in [1.807, 2.05) is 6.26 Å². The van der Waals surface area contributed by atoms with Crippen LogP contribution in [0.3, 0.4) is 0 Å². The standard InChI is InChI=1S/C12H21N3O/c1-15-7-4-10(5-8-15)11-9-16-12(14-11)3-2-6-13/h9-10H,2-8,13H2,1H3. The Kier molecular flexibility index (Phi) is 3.96. The Balaban J connectivity index is 1.91. The first-order valence-corrected chi connectivity index (χ1v) is 6.12. The second kappa shape index (κ2) is 5.46. The van der Waals surface area contributed by atoms with Gasteiger partial charge in [0.25, 0.3) is 0 Å². The summed E-state index contributed by atoms with van der Waals surface area (Å²) < 4.78 is 5.47. The molecule has 1 aromatic heterocycles. The van der Waals surface area contributed by atoms with Crippen molar-refractivity contribution >= 4 is 0 Å². The molecule has 2 heterocycles. The Morgan fingerprint density at radius 3 is 2.94 bits per heavy atom. The van der Waals surface area contributed by atoms with Crippen molar-refractivity contribution in [3.05, 3.63) is 17.8 Å². The fourth-order valence-electron chi connectivity index (χ4n) is 2.19. The van der Waals surface area contributed by atoms with Gasteiger partial charge in [-0.15, -0.1) is 0 Å². The smallest absolute Gasteiger partial charge is 0.194 e. The fraction of sp³-hybridized carbons (Fsp3) is 0.750. The molecule has 1 aromatic rings. The quantitative estimate of drug-likeness (QED) is 0.837. The zero-order chi connectivity index (χ0) is 11.4. The van der Waals surface area contributed by atoms with Gasteiger partial charge in [0.05, 0.1) is 5.69 Å². The Labute approximate surface area is 96.8 Å². The van der Waals surface area contributed by atoms with Crippen molar-refractivity contribution in [1.29, 1.82) is 0 Å². The van der Waals surface area contributed by atoms with Crippen molar-refractivity contribution in [3.63, 3.8) is 0 Å². The van der Waals surface area contributed by atoms with Gasteiger partial charge in [0, 0.05) is 12.3 Å². The summed E-state index contributed by atoms with van der Waals surface area (Å²) >= 11 is 0. The number of nitrogens with two attached hydrogens (primary N) is 1. The van der Waals surface area contributed by atoms with Gasteiger partial charge >= 0.3 is 0 Å². The molecule has 0 radical (unpaired) electrons. The molecule has 0 unspecified atom stereocenters. The van der Waals surface area contributed by atoms with Crippen LogP contribution in [0, 0.1) is 0 Å². The predicted octanol–water partition coefficient (Wildman–Crippen LogP) is 1.38. The van der Waals surface area contributed by atoms with Gasteiger partial charge < -0.3 is 15.1 Å². The van der Waals surface area contributed by atoms with Crippen molar-refractivity contribution in [2.45, 2.75) is 31.6 Å². The lowest BCUT2D eigenvalue weighted by Crippen LogP contribution is -2.29. The summed E-state index contributed by atoms with van der Waals surface area (Å²) in [5.74, 6) is 1.44. The van der Waals surface area contributed by atoms with E-state index in [-0.39, 0.29) is 0 Å². The summed E-state index contributed by atoms with van der Waals surface area (Å²) in [6, 6.07) is 0. The molecule has 0 amide bonds. The van der Waals surface area contributed by atoms with E-state index in [2.05, 4.69) is 16.9 Å². The van der Waals surface area contributed by atoms with Crippen LogP contribution in [0.1, 0.15) is 36.8 Å². The summed E-state index contributed by atoms with van der Waals surface area (Å²) in [4.78, 5) is 6.92.